The minimum absolute atomic E-state index is 0.0172. The molecule has 0 aliphatic carbocycles. The van der Waals surface area contributed by atoms with Gasteiger partial charge in [0.1, 0.15) is 5.75 Å². The van der Waals surface area contributed by atoms with Crippen molar-refractivity contribution in [2.45, 2.75) is 31.1 Å². The Balaban J connectivity index is 1.95. The number of sulfonamides is 1. The number of benzene rings is 2. The van der Waals surface area contributed by atoms with Crippen LogP contribution < -0.4 is 4.74 Å². The van der Waals surface area contributed by atoms with E-state index in [-0.39, 0.29) is 16.3 Å². The maximum absolute atomic E-state index is 12.6. The lowest BCUT2D eigenvalue weighted by atomic mass is 10.2. The lowest BCUT2D eigenvalue weighted by Crippen LogP contribution is -2.27. The van der Waals surface area contributed by atoms with Crippen molar-refractivity contribution in [3.63, 3.8) is 0 Å². The summed E-state index contributed by atoms with van der Waals surface area (Å²) in [5.74, 6) is 0.492. The van der Waals surface area contributed by atoms with Crippen LogP contribution in [-0.2, 0) is 16.4 Å². The number of hydrogen-bond donors (Lipinski definition) is 0. The van der Waals surface area contributed by atoms with Crippen LogP contribution in [0.1, 0.15) is 25.3 Å². The summed E-state index contributed by atoms with van der Waals surface area (Å²) < 4.78 is 32.3. The van der Waals surface area contributed by atoms with E-state index in [1.807, 2.05) is 19.1 Å². The van der Waals surface area contributed by atoms with E-state index in [2.05, 4.69) is 0 Å². The molecule has 1 aliphatic rings. The third-order valence-corrected chi connectivity index (χ3v) is 6.26. The minimum Gasteiger partial charge on any atom is -0.450 e. The van der Waals surface area contributed by atoms with Crippen LogP contribution in [0.3, 0.4) is 0 Å². The van der Waals surface area contributed by atoms with Gasteiger partial charge in [-0.1, -0.05) is 19.1 Å². The van der Waals surface area contributed by atoms with Gasteiger partial charge in [0.2, 0.25) is 15.8 Å². The second kappa shape index (κ2) is 7.43. The van der Waals surface area contributed by atoms with Crippen molar-refractivity contribution in [3.8, 4) is 11.5 Å². The van der Waals surface area contributed by atoms with Gasteiger partial charge in [-0.15, -0.1) is 0 Å². The number of nitro groups is 1. The van der Waals surface area contributed by atoms with Gasteiger partial charge < -0.3 is 4.74 Å². The Morgan fingerprint density at radius 3 is 2.54 bits per heavy atom. The molecule has 0 amide bonds. The van der Waals surface area contributed by atoms with Gasteiger partial charge in [0.15, 0.2) is 0 Å². The first-order valence-electron chi connectivity index (χ1n) is 8.47. The molecule has 26 heavy (non-hydrogen) atoms. The highest BCUT2D eigenvalue weighted by atomic mass is 32.2. The Bertz CT molecular complexity index is 921. The van der Waals surface area contributed by atoms with Crippen LogP contribution in [0.25, 0.3) is 0 Å². The number of rotatable bonds is 6. The Morgan fingerprint density at radius 2 is 1.88 bits per heavy atom. The summed E-state index contributed by atoms with van der Waals surface area (Å²) in [6.45, 7) is 2.88. The molecule has 1 heterocycles. The molecular formula is C18H20N2O5S. The molecule has 0 bridgehead atoms. The van der Waals surface area contributed by atoms with Crippen LogP contribution >= 0.6 is 0 Å². The molecule has 0 N–H and O–H groups in total. The predicted molar refractivity (Wildman–Crippen MR) is 97.0 cm³/mol. The lowest BCUT2D eigenvalue weighted by Gasteiger charge is -2.16. The molecule has 8 heteroatoms. The van der Waals surface area contributed by atoms with E-state index in [9.17, 15) is 18.5 Å². The fraction of sp³-hybridized carbons (Fsp3) is 0.333. The van der Waals surface area contributed by atoms with E-state index in [4.69, 9.17) is 4.74 Å². The average molecular weight is 376 g/mol. The van der Waals surface area contributed by atoms with Gasteiger partial charge in [-0.2, -0.15) is 4.31 Å². The lowest BCUT2D eigenvalue weighted by molar-refractivity contribution is -0.385. The molecule has 0 aromatic heterocycles. The van der Waals surface area contributed by atoms with Crippen molar-refractivity contribution in [2.24, 2.45) is 0 Å². The number of nitrogens with zero attached hydrogens (tertiary/aromatic N) is 2. The Morgan fingerprint density at radius 1 is 1.15 bits per heavy atom. The van der Waals surface area contributed by atoms with E-state index in [1.54, 1.807) is 12.1 Å². The zero-order valence-electron chi connectivity index (χ0n) is 14.4. The molecule has 7 nitrogen and oxygen atoms in total. The van der Waals surface area contributed by atoms with Crippen molar-refractivity contribution in [1.82, 2.24) is 4.31 Å². The summed E-state index contributed by atoms with van der Waals surface area (Å²) in [6.07, 6.45) is 2.42. The average Bonchev–Trinajstić information content (AvgIpc) is 3.17. The van der Waals surface area contributed by atoms with Crippen LogP contribution in [0.15, 0.2) is 47.4 Å². The predicted octanol–water partition coefficient (Wildman–Crippen LogP) is 3.73. The number of hydrogen-bond acceptors (Lipinski definition) is 5. The monoisotopic (exact) mass is 376 g/mol. The second-order valence-electron chi connectivity index (χ2n) is 6.10. The van der Waals surface area contributed by atoms with Crippen LogP contribution in [0.2, 0.25) is 0 Å². The highest BCUT2D eigenvalue weighted by molar-refractivity contribution is 7.89. The fourth-order valence-electron chi connectivity index (χ4n) is 2.92. The summed E-state index contributed by atoms with van der Waals surface area (Å²) in [5, 5.41) is 11.5. The van der Waals surface area contributed by atoms with Gasteiger partial charge in [0, 0.05) is 19.2 Å². The van der Waals surface area contributed by atoms with Gasteiger partial charge in [-0.05, 0) is 49.1 Å². The number of aryl methyl sites for hydroxylation is 1. The van der Waals surface area contributed by atoms with Crippen LogP contribution in [0.5, 0.6) is 11.5 Å². The molecule has 0 radical (unpaired) electrons. The molecule has 0 spiro atoms. The summed E-state index contributed by atoms with van der Waals surface area (Å²) in [4.78, 5) is 10.7. The van der Waals surface area contributed by atoms with Crippen molar-refractivity contribution in [2.75, 3.05) is 13.1 Å². The first-order chi connectivity index (χ1) is 12.4. The standard InChI is InChI=1S/C18H20N2O5S/c1-2-14-6-5-7-15(12-14)25-18-9-8-16(13-17(18)20(21)22)26(23,24)19-10-3-4-11-19/h5-9,12-13H,2-4,10-11H2,1H3. The molecule has 3 rings (SSSR count). The molecule has 1 saturated heterocycles. The summed E-state index contributed by atoms with van der Waals surface area (Å²) in [5.41, 5.74) is 0.672. The van der Waals surface area contributed by atoms with Crippen LogP contribution in [0.4, 0.5) is 5.69 Å². The van der Waals surface area contributed by atoms with E-state index in [0.717, 1.165) is 30.9 Å². The molecule has 1 fully saturated rings. The SMILES string of the molecule is CCc1cccc(Oc2ccc(S(=O)(=O)N3CCCC3)cc2[N+](=O)[O-])c1. The van der Waals surface area contributed by atoms with Gasteiger partial charge in [0.05, 0.1) is 9.82 Å². The van der Waals surface area contributed by atoms with Crippen molar-refractivity contribution < 1.29 is 18.1 Å². The van der Waals surface area contributed by atoms with Crippen LogP contribution in [0, 0.1) is 10.1 Å². The van der Waals surface area contributed by atoms with Crippen LogP contribution in [-0.4, -0.2) is 30.7 Å². The maximum atomic E-state index is 12.6. The molecule has 138 valence electrons. The second-order valence-corrected chi connectivity index (χ2v) is 8.04. The van der Waals surface area contributed by atoms with E-state index < -0.39 is 14.9 Å². The first-order valence-corrected chi connectivity index (χ1v) is 9.91. The van der Waals surface area contributed by atoms with E-state index >= 15 is 0 Å². The van der Waals surface area contributed by atoms with Gasteiger partial charge >= 0.3 is 5.69 Å². The first kappa shape index (κ1) is 18.3. The molecule has 2 aromatic rings. The molecule has 1 aliphatic heterocycles. The van der Waals surface area contributed by atoms with Crippen molar-refractivity contribution >= 4 is 15.7 Å². The molecule has 0 saturated carbocycles. The van der Waals surface area contributed by atoms with Gasteiger partial charge in [0.25, 0.3) is 0 Å². The normalized spacial score (nSPS) is 15.1. The third-order valence-electron chi connectivity index (χ3n) is 4.36. The van der Waals surface area contributed by atoms with E-state index in [0.29, 0.717) is 18.8 Å². The zero-order valence-corrected chi connectivity index (χ0v) is 15.2. The highest BCUT2D eigenvalue weighted by Crippen LogP contribution is 2.34. The highest BCUT2D eigenvalue weighted by Gasteiger charge is 2.30. The van der Waals surface area contributed by atoms with Gasteiger partial charge in [-0.3, -0.25) is 10.1 Å². The molecule has 2 aromatic carbocycles. The molecular weight excluding hydrogens is 356 g/mol. The number of nitro benzene ring substituents is 1. The van der Waals surface area contributed by atoms with Gasteiger partial charge in [-0.25, -0.2) is 8.42 Å². The smallest absolute Gasteiger partial charge is 0.312 e. The van der Waals surface area contributed by atoms with Crippen molar-refractivity contribution in [3.05, 3.63) is 58.1 Å². The maximum Gasteiger partial charge on any atom is 0.312 e. The Hall–Kier alpha value is -2.45. The minimum atomic E-state index is -3.72. The Labute approximate surface area is 152 Å². The summed E-state index contributed by atoms with van der Waals surface area (Å²) in [7, 11) is -3.72. The largest absolute Gasteiger partial charge is 0.450 e. The molecule has 0 unspecified atom stereocenters. The van der Waals surface area contributed by atoms with E-state index in [1.165, 1.54) is 16.4 Å². The Kier molecular flexibility index (Phi) is 5.24. The summed E-state index contributed by atoms with van der Waals surface area (Å²) >= 11 is 0. The third kappa shape index (κ3) is 3.71. The zero-order chi connectivity index (χ0) is 18.7. The topological polar surface area (TPSA) is 89.8 Å². The van der Waals surface area contributed by atoms with Crippen molar-refractivity contribution in [1.29, 1.82) is 0 Å². The fourth-order valence-corrected chi connectivity index (χ4v) is 4.46. The summed E-state index contributed by atoms with van der Waals surface area (Å²) in [6, 6.07) is 11.0. The number of ether oxygens (including phenoxy) is 1. The quantitative estimate of drug-likeness (QED) is 0.566. The molecule has 0 atom stereocenters.